The summed E-state index contributed by atoms with van der Waals surface area (Å²) in [5.41, 5.74) is 0.670. The van der Waals surface area contributed by atoms with Crippen molar-refractivity contribution in [3.8, 4) is 23.0 Å². The molecule has 0 aliphatic rings. The summed E-state index contributed by atoms with van der Waals surface area (Å²) in [5.74, 6) is 0.775. The van der Waals surface area contributed by atoms with Gasteiger partial charge in [-0.15, -0.1) is 0 Å². The Kier molecular flexibility index (Phi) is 10.6. The normalized spacial score (nSPS) is 11.7. The molecule has 184 valence electrons. The molecule has 0 heterocycles. The molecule has 0 saturated heterocycles. The van der Waals surface area contributed by atoms with Crippen LogP contribution in [0.25, 0.3) is 0 Å². The first kappa shape index (κ1) is 26.9. The number of Topliss-reactive ketones (excluding diaryl/α,β-unsaturated/α-hetero) is 1. The van der Waals surface area contributed by atoms with Crippen molar-refractivity contribution in [2.24, 2.45) is 10.2 Å². The predicted molar refractivity (Wildman–Crippen MR) is 130 cm³/mol. The van der Waals surface area contributed by atoms with Gasteiger partial charge in [0.05, 0.1) is 42.8 Å². The molecule has 2 aromatic carbocycles. The zero-order valence-electron chi connectivity index (χ0n) is 20.0. The molecule has 0 aromatic heterocycles. The number of ketones is 1. The number of nitrogens with zero attached hydrogens (tertiary/aromatic N) is 2. The first-order valence-electron chi connectivity index (χ1n) is 11.0. The topological polar surface area (TPSA) is 108 Å². The van der Waals surface area contributed by atoms with Crippen LogP contribution < -0.4 is 24.3 Å². The van der Waals surface area contributed by atoms with Crippen molar-refractivity contribution in [1.82, 2.24) is 0 Å². The van der Waals surface area contributed by atoms with Crippen molar-refractivity contribution < 1.29 is 28.5 Å². The number of carbonyl (C=O) groups excluding carboxylic acids is 2. The number of rotatable bonds is 13. The first-order valence-corrected chi connectivity index (χ1v) is 11.4. The summed E-state index contributed by atoms with van der Waals surface area (Å²) in [7, 11) is 0. The van der Waals surface area contributed by atoms with Crippen molar-refractivity contribution >= 4 is 34.7 Å². The Hall–Kier alpha value is -3.33. The fourth-order valence-electron chi connectivity index (χ4n) is 2.91. The monoisotopic (exact) mass is 491 g/mol. The van der Waals surface area contributed by atoms with Gasteiger partial charge < -0.3 is 24.3 Å². The van der Waals surface area contributed by atoms with E-state index in [0.717, 1.165) is 0 Å². The SMILES string of the molecule is CCOc1ccc(N=NC(C(C)=O)C(=O)Nc2cc(OCC)c(OCC)cc2Cl)cc1OCC. The predicted octanol–water partition coefficient (Wildman–Crippen LogP) is 5.61. The quantitative estimate of drug-likeness (QED) is 0.288. The smallest absolute Gasteiger partial charge is 0.258 e. The summed E-state index contributed by atoms with van der Waals surface area (Å²) in [6.07, 6.45) is 0. The number of halogens is 1. The second-order valence-corrected chi connectivity index (χ2v) is 7.27. The number of azo groups is 1. The van der Waals surface area contributed by atoms with E-state index in [1.54, 1.807) is 30.3 Å². The third-order valence-electron chi connectivity index (χ3n) is 4.34. The highest BCUT2D eigenvalue weighted by atomic mass is 35.5. The molecule has 0 aliphatic heterocycles. The van der Waals surface area contributed by atoms with Crippen LogP contribution in [0.1, 0.15) is 34.6 Å². The summed E-state index contributed by atoms with van der Waals surface area (Å²) in [4.78, 5) is 25.0. The van der Waals surface area contributed by atoms with Crippen LogP contribution in [0.4, 0.5) is 11.4 Å². The molecule has 9 nitrogen and oxygen atoms in total. The van der Waals surface area contributed by atoms with E-state index in [2.05, 4.69) is 15.5 Å². The maximum Gasteiger partial charge on any atom is 0.258 e. The summed E-state index contributed by atoms with van der Waals surface area (Å²) in [5, 5.41) is 10.9. The van der Waals surface area contributed by atoms with E-state index in [0.29, 0.717) is 55.1 Å². The Labute approximate surface area is 204 Å². The minimum atomic E-state index is -1.37. The number of ether oxygens (including phenoxy) is 4. The number of amides is 1. The number of carbonyl (C=O) groups is 2. The third kappa shape index (κ3) is 7.34. The molecule has 0 saturated carbocycles. The van der Waals surface area contributed by atoms with Crippen molar-refractivity contribution in [3.05, 3.63) is 35.4 Å². The van der Waals surface area contributed by atoms with E-state index in [1.807, 2.05) is 27.7 Å². The molecule has 0 fully saturated rings. The van der Waals surface area contributed by atoms with Crippen molar-refractivity contribution in [2.45, 2.75) is 40.7 Å². The molecule has 0 bridgehead atoms. The van der Waals surface area contributed by atoms with Gasteiger partial charge in [0, 0.05) is 18.2 Å². The Morgan fingerprint density at radius 3 is 1.94 bits per heavy atom. The lowest BCUT2D eigenvalue weighted by Gasteiger charge is -2.15. The number of anilines is 1. The van der Waals surface area contributed by atoms with Crippen LogP contribution in [0.2, 0.25) is 5.02 Å². The van der Waals surface area contributed by atoms with E-state index in [9.17, 15) is 9.59 Å². The van der Waals surface area contributed by atoms with Gasteiger partial charge in [-0.2, -0.15) is 10.2 Å². The molecule has 2 rings (SSSR count). The fraction of sp³-hybridized carbons (Fsp3) is 0.417. The minimum Gasteiger partial charge on any atom is -0.490 e. The average Bonchev–Trinajstić information content (AvgIpc) is 2.79. The van der Waals surface area contributed by atoms with Gasteiger partial charge in [-0.05, 0) is 46.8 Å². The second kappa shape index (κ2) is 13.4. The van der Waals surface area contributed by atoms with Crippen LogP contribution in [0.15, 0.2) is 40.6 Å². The molecule has 1 atom stereocenters. The number of hydrogen-bond acceptors (Lipinski definition) is 8. The van der Waals surface area contributed by atoms with Crippen LogP contribution in [-0.4, -0.2) is 44.2 Å². The van der Waals surface area contributed by atoms with Gasteiger partial charge in [0.2, 0.25) is 6.04 Å². The van der Waals surface area contributed by atoms with Gasteiger partial charge in [0.1, 0.15) is 0 Å². The molecule has 1 N–H and O–H groups in total. The summed E-state index contributed by atoms with van der Waals surface area (Å²) in [6.45, 7) is 10.4. The lowest BCUT2D eigenvalue weighted by molar-refractivity contribution is -0.126. The van der Waals surface area contributed by atoms with E-state index in [-0.39, 0.29) is 10.7 Å². The number of hydrogen-bond donors (Lipinski definition) is 1. The van der Waals surface area contributed by atoms with E-state index >= 15 is 0 Å². The molecule has 0 aliphatic carbocycles. The summed E-state index contributed by atoms with van der Waals surface area (Å²) in [6, 6.07) is 6.70. The minimum absolute atomic E-state index is 0.229. The van der Waals surface area contributed by atoms with Crippen molar-refractivity contribution in [1.29, 1.82) is 0 Å². The summed E-state index contributed by atoms with van der Waals surface area (Å²) < 4.78 is 22.2. The zero-order chi connectivity index (χ0) is 25.1. The lowest BCUT2D eigenvalue weighted by atomic mass is 10.2. The Bertz CT molecular complexity index is 1030. The highest BCUT2D eigenvalue weighted by molar-refractivity contribution is 6.34. The van der Waals surface area contributed by atoms with Crippen LogP contribution >= 0.6 is 11.6 Å². The average molecular weight is 492 g/mol. The molecule has 34 heavy (non-hydrogen) atoms. The fourth-order valence-corrected chi connectivity index (χ4v) is 3.11. The highest BCUT2D eigenvalue weighted by Crippen LogP contribution is 2.37. The third-order valence-corrected chi connectivity index (χ3v) is 4.65. The van der Waals surface area contributed by atoms with Crippen LogP contribution in [0, 0.1) is 0 Å². The summed E-state index contributed by atoms with van der Waals surface area (Å²) >= 11 is 6.31. The van der Waals surface area contributed by atoms with Crippen molar-refractivity contribution in [2.75, 3.05) is 31.7 Å². The molecule has 0 spiro atoms. The van der Waals surface area contributed by atoms with Gasteiger partial charge in [0.15, 0.2) is 28.8 Å². The van der Waals surface area contributed by atoms with Crippen LogP contribution in [0.5, 0.6) is 23.0 Å². The zero-order valence-corrected chi connectivity index (χ0v) is 20.8. The lowest BCUT2D eigenvalue weighted by Crippen LogP contribution is -2.32. The van der Waals surface area contributed by atoms with Crippen LogP contribution in [-0.2, 0) is 9.59 Å². The molecule has 2 aromatic rings. The van der Waals surface area contributed by atoms with E-state index in [4.69, 9.17) is 30.5 Å². The van der Waals surface area contributed by atoms with Crippen molar-refractivity contribution in [3.63, 3.8) is 0 Å². The second-order valence-electron chi connectivity index (χ2n) is 6.86. The first-order chi connectivity index (χ1) is 16.3. The molecule has 1 unspecified atom stereocenters. The maximum absolute atomic E-state index is 12.9. The number of nitrogens with one attached hydrogen (secondary N) is 1. The van der Waals surface area contributed by atoms with Gasteiger partial charge in [-0.3, -0.25) is 9.59 Å². The van der Waals surface area contributed by atoms with E-state index in [1.165, 1.54) is 6.92 Å². The Balaban J connectivity index is 2.26. The molecule has 1 amide bonds. The standard InChI is InChI=1S/C24H30ClN3O6/c1-6-31-19-11-10-16(12-20(19)32-7-2)27-28-23(15(5)29)24(30)26-18-14-22(34-9-4)21(33-8-3)13-17(18)25/h10-14,23H,6-9H2,1-5H3,(H,26,30). The van der Waals surface area contributed by atoms with E-state index < -0.39 is 17.7 Å². The van der Waals surface area contributed by atoms with Gasteiger partial charge in [0.25, 0.3) is 5.91 Å². The van der Waals surface area contributed by atoms with Gasteiger partial charge in [-0.25, -0.2) is 0 Å². The van der Waals surface area contributed by atoms with Gasteiger partial charge >= 0.3 is 0 Å². The Morgan fingerprint density at radius 1 is 0.853 bits per heavy atom. The maximum atomic E-state index is 12.9. The molecule has 0 radical (unpaired) electrons. The molecule has 10 heteroatoms. The molecular formula is C24H30ClN3O6. The molecular weight excluding hydrogens is 462 g/mol. The largest absolute Gasteiger partial charge is 0.490 e. The van der Waals surface area contributed by atoms with Crippen LogP contribution in [0.3, 0.4) is 0 Å². The number of benzene rings is 2. The highest BCUT2D eigenvalue weighted by Gasteiger charge is 2.25. The Morgan fingerprint density at radius 2 is 1.38 bits per heavy atom. The van der Waals surface area contributed by atoms with Gasteiger partial charge in [-0.1, -0.05) is 11.6 Å².